The monoisotopic (exact) mass is 343 g/mol. The molecule has 0 amide bonds. The molecule has 2 N–H and O–H groups in total. The zero-order valence-corrected chi connectivity index (χ0v) is 11.2. The normalized spacial score (nSPS) is 10.0. The first-order chi connectivity index (χ1) is 8.20. The van der Waals surface area contributed by atoms with Crippen molar-refractivity contribution in [1.82, 2.24) is 9.97 Å². The highest BCUT2D eigenvalue weighted by Gasteiger charge is 2.09. The van der Waals surface area contributed by atoms with Crippen LogP contribution in [0.3, 0.4) is 0 Å². The van der Waals surface area contributed by atoms with Gasteiger partial charge in [0.1, 0.15) is 6.33 Å². The third kappa shape index (κ3) is 2.76. The molecule has 0 aliphatic heterocycles. The molecule has 0 aliphatic rings. The maximum absolute atomic E-state index is 5.66. The second-order valence-electron chi connectivity index (χ2n) is 3.19. The summed E-state index contributed by atoms with van der Waals surface area (Å²) in [5, 5.41) is 0. The standard InChI is InChI=1S/C11H10IN3O2/c1-16-10-4-7(13)2-3-9(10)17-11-8(12)5-14-6-15-11/h2-6H,13H2,1H3. The lowest BCUT2D eigenvalue weighted by molar-refractivity contribution is 0.373. The molecule has 1 aromatic heterocycles. The summed E-state index contributed by atoms with van der Waals surface area (Å²) in [6.45, 7) is 0. The SMILES string of the molecule is COc1cc(N)ccc1Oc1ncncc1I. The van der Waals surface area contributed by atoms with Crippen molar-refractivity contribution in [3.8, 4) is 17.4 Å². The fraction of sp³-hybridized carbons (Fsp3) is 0.0909. The van der Waals surface area contributed by atoms with Crippen LogP contribution in [-0.2, 0) is 0 Å². The number of nitrogens with zero attached hydrogens (tertiary/aromatic N) is 2. The average Bonchev–Trinajstić information content (AvgIpc) is 2.34. The number of aromatic nitrogens is 2. The summed E-state index contributed by atoms with van der Waals surface area (Å²) >= 11 is 2.10. The maximum atomic E-state index is 5.66. The molecule has 0 fully saturated rings. The predicted molar refractivity (Wildman–Crippen MR) is 72.2 cm³/mol. The molecule has 0 bridgehead atoms. The van der Waals surface area contributed by atoms with Gasteiger partial charge >= 0.3 is 0 Å². The molecule has 2 aromatic rings. The first kappa shape index (κ1) is 11.9. The minimum absolute atomic E-state index is 0.490. The molecule has 2 rings (SSSR count). The third-order valence-corrected chi connectivity index (χ3v) is 2.77. The van der Waals surface area contributed by atoms with E-state index in [0.29, 0.717) is 23.1 Å². The van der Waals surface area contributed by atoms with E-state index in [1.165, 1.54) is 6.33 Å². The van der Waals surface area contributed by atoms with E-state index in [2.05, 4.69) is 32.6 Å². The van der Waals surface area contributed by atoms with Crippen LogP contribution >= 0.6 is 22.6 Å². The van der Waals surface area contributed by atoms with E-state index < -0.39 is 0 Å². The smallest absolute Gasteiger partial charge is 0.235 e. The zero-order valence-electron chi connectivity index (χ0n) is 9.05. The van der Waals surface area contributed by atoms with Gasteiger partial charge in [-0.15, -0.1) is 0 Å². The summed E-state index contributed by atoms with van der Waals surface area (Å²) in [6, 6.07) is 5.18. The molecular formula is C11H10IN3O2. The Morgan fingerprint density at radius 2 is 2.12 bits per heavy atom. The Balaban J connectivity index is 2.33. The van der Waals surface area contributed by atoms with Gasteiger partial charge in [0, 0.05) is 18.0 Å². The van der Waals surface area contributed by atoms with Gasteiger partial charge in [0.2, 0.25) is 5.88 Å². The second-order valence-corrected chi connectivity index (χ2v) is 4.35. The van der Waals surface area contributed by atoms with Crippen molar-refractivity contribution >= 4 is 28.3 Å². The Kier molecular flexibility index (Phi) is 3.62. The molecule has 0 saturated heterocycles. The number of nitrogen functional groups attached to an aromatic ring is 1. The Morgan fingerprint density at radius 3 is 2.82 bits per heavy atom. The van der Waals surface area contributed by atoms with Crippen LogP contribution in [0.1, 0.15) is 0 Å². The van der Waals surface area contributed by atoms with Crippen LogP contribution in [0.2, 0.25) is 0 Å². The number of rotatable bonds is 3. The first-order valence-corrected chi connectivity index (χ1v) is 5.85. The van der Waals surface area contributed by atoms with Crippen LogP contribution < -0.4 is 15.2 Å². The highest BCUT2D eigenvalue weighted by atomic mass is 127. The third-order valence-electron chi connectivity index (χ3n) is 2.03. The number of ether oxygens (including phenoxy) is 2. The number of methoxy groups -OCH3 is 1. The van der Waals surface area contributed by atoms with E-state index >= 15 is 0 Å². The number of hydrogen-bond acceptors (Lipinski definition) is 5. The van der Waals surface area contributed by atoms with Gasteiger partial charge in [0.15, 0.2) is 11.5 Å². The Labute approximate surface area is 112 Å². The molecule has 17 heavy (non-hydrogen) atoms. The fourth-order valence-corrected chi connectivity index (χ4v) is 1.66. The zero-order chi connectivity index (χ0) is 12.3. The summed E-state index contributed by atoms with van der Waals surface area (Å²) in [6.07, 6.45) is 3.11. The quantitative estimate of drug-likeness (QED) is 0.685. The fourth-order valence-electron chi connectivity index (χ4n) is 1.25. The van der Waals surface area contributed by atoms with Crippen LogP contribution in [-0.4, -0.2) is 17.1 Å². The molecule has 0 unspecified atom stereocenters. The summed E-state index contributed by atoms with van der Waals surface area (Å²) in [4.78, 5) is 7.94. The van der Waals surface area contributed by atoms with Crippen LogP contribution in [0, 0.1) is 3.57 Å². The van der Waals surface area contributed by atoms with Crippen molar-refractivity contribution in [2.75, 3.05) is 12.8 Å². The van der Waals surface area contributed by atoms with E-state index in [9.17, 15) is 0 Å². The molecule has 5 nitrogen and oxygen atoms in total. The van der Waals surface area contributed by atoms with Crippen molar-refractivity contribution in [1.29, 1.82) is 0 Å². The van der Waals surface area contributed by atoms with Crippen LogP contribution in [0.25, 0.3) is 0 Å². The molecule has 0 saturated carbocycles. The molecule has 0 radical (unpaired) electrons. The largest absolute Gasteiger partial charge is 0.493 e. The Bertz CT molecular complexity index is 534. The lowest BCUT2D eigenvalue weighted by Gasteiger charge is -2.10. The highest BCUT2D eigenvalue weighted by molar-refractivity contribution is 14.1. The molecule has 0 aliphatic carbocycles. The van der Waals surface area contributed by atoms with Crippen LogP contribution in [0.5, 0.6) is 17.4 Å². The summed E-state index contributed by atoms with van der Waals surface area (Å²) in [5.41, 5.74) is 6.28. The second kappa shape index (κ2) is 5.17. The van der Waals surface area contributed by atoms with Crippen LogP contribution in [0.15, 0.2) is 30.7 Å². The summed E-state index contributed by atoms with van der Waals surface area (Å²) in [7, 11) is 1.56. The number of hydrogen-bond donors (Lipinski definition) is 1. The topological polar surface area (TPSA) is 70.3 Å². The lowest BCUT2D eigenvalue weighted by atomic mass is 10.3. The van der Waals surface area contributed by atoms with E-state index in [4.69, 9.17) is 15.2 Å². The van der Waals surface area contributed by atoms with Gasteiger partial charge in [-0.05, 0) is 34.7 Å². The maximum Gasteiger partial charge on any atom is 0.235 e. The number of anilines is 1. The highest BCUT2D eigenvalue weighted by Crippen LogP contribution is 2.33. The molecular weight excluding hydrogens is 333 g/mol. The Hall–Kier alpha value is -1.57. The summed E-state index contributed by atoms with van der Waals surface area (Å²) < 4.78 is 11.7. The van der Waals surface area contributed by atoms with E-state index in [0.717, 1.165) is 3.57 Å². The number of halogens is 1. The molecule has 0 atom stereocenters. The van der Waals surface area contributed by atoms with Crippen LogP contribution in [0.4, 0.5) is 5.69 Å². The van der Waals surface area contributed by atoms with Crippen molar-refractivity contribution < 1.29 is 9.47 Å². The van der Waals surface area contributed by atoms with E-state index in [1.807, 2.05) is 0 Å². The van der Waals surface area contributed by atoms with E-state index in [1.54, 1.807) is 31.5 Å². The Morgan fingerprint density at radius 1 is 1.29 bits per heavy atom. The van der Waals surface area contributed by atoms with Gasteiger partial charge in [0.25, 0.3) is 0 Å². The minimum Gasteiger partial charge on any atom is -0.493 e. The van der Waals surface area contributed by atoms with Crippen molar-refractivity contribution in [2.24, 2.45) is 0 Å². The summed E-state index contributed by atoms with van der Waals surface area (Å²) in [5.74, 6) is 1.63. The molecule has 1 heterocycles. The van der Waals surface area contributed by atoms with Gasteiger partial charge in [0.05, 0.1) is 10.7 Å². The number of nitrogens with two attached hydrogens (primary N) is 1. The van der Waals surface area contributed by atoms with Crippen molar-refractivity contribution in [3.63, 3.8) is 0 Å². The molecule has 88 valence electrons. The lowest BCUT2D eigenvalue weighted by Crippen LogP contribution is -1.95. The average molecular weight is 343 g/mol. The van der Waals surface area contributed by atoms with Gasteiger partial charge in [-0.25, -0.2) is 9.97 Å². The molecule has 0 spiro atoms. The van der Waals surface area contributed by atoms with Gasteiger partial charge in [-0.2, -0.15) is 0 Å². The minimum atomic E-state index is 0.490. The predicted octanol–water partition coefficient (Wildman–Crippen LogP) is 2.46. The van der Waals surface area contributed by atoms with Gasteiger partial charge in [-0.1, -0.05) is 0 Å². The van der Waals surface area contributed by atoms with Crippen molar-refractivity contribution in [2.45, 2.75) is 0 Å². The van der Waals surface area contributed by atoms with Crippen molar-refractivity contribution in [3.05, 3.63) is 34.3 Å². The van der Waals surface area contributed by atoms with Gasteiger partial charge in [-0.3, -0.25) is 0 Å². The molecule has 6 heteroatoms. The van der Waals surface area contributed by atoms with E-state index in [-0.39, 0.29) is 0 Å². The number of benzene rings is 1. The first-order valence-electron chi connectivity index (χ1n) is 4.77. The van der Waals surface area contributed by atoms with Gasteiger partial charge < -0.3 is 15.2 Å². The molecule has 1 aromatic carbocycles.